The van der Waals surface area contributed by atoms with Crippen LogP contribution in [0.2, 0.25) is 0 Å². The molecule has 0 unspecified atom stereocenters. The van der Waals surface area contributed by atoms with Crippen LogP contribution in [-0.4, -0.2) is 14.7 Å². The van der Waals surface area contributed by atoms with Gasteiger partial charge in [-0.3, -0.25) is 4.57 Å². The van der Waals surface area contributed by atoms with Crippen molar-refractivity contribution in [1.82, 2.24) is 9.55 Å². The zero-order valence-corrected chi connectivity index (χ0v) is 11.6. The van der Waals surface area contributed by atoms with Crippen molar-refractivity contribution in [3.8, 4) is 11.6 Å². The Balaban J connectivity index is 2.24. The number of phenols is 1. The summed E-state index contributed by atoms with van der Waals surface area (Å²) in [4.78, 5) is 4.53. The number of hydrogen-bond acceptors (Lipinski definition) is 2. The van der Waals surface area contributed by atoms with Gasteiger partial charge >= 0.3 is 0 Å². The Kier molecular flexibility index (Phi) is 2.48. The van der Waals surface area contributed by atoms with Crippen molar-refractivity contribution in [3.63, 3.8) is 0 Å². The largest absolute Gasteiger partial charge is 0.508 e. The molecule has 3 nitrogen and oxygen atoms in total. The summed E-state index contributed by atoms with van der Waals surface area (Å²) in [5.74, 6) is 1.16. The molecular formula is C18H14N2O. The summed E-state index contributed by atoms with van der Waals surface area (Å²) in [6.07, 6.45) is 1.80. The van der Waals surface area contributed by atoms with Crippen LogP contribution < -0.4 is 0 Å². The molecule has 4 aromatic rings. The standard InChI is InChI=1S/C18H14N2O/c1-12-5-4-10-19-18(12)20-16-7-3-2-6-14(16)15-9-8-13(21)11-17(15)20/h2-11,21H,1H3. The molecule has 0 radical (unpaired) electrons. The van der Waals surface area contributed by atoms with Crippen LogP contribution in [0.5, 0.6) is 5.75 Å². The average molecular weight is 274 g/mol. The van der Waals surface area contributed by atoms with E-state index in [1.165, 1.54) is 0 Å². The van der Waals surface area contributed by atoms with E-state index in [1.54, 1.807) is 18.3 Å². The van der Waals surface area contributed by atoms with Crippen molar-refractivity contribution in [2.75, 3.05) is 0 Å². The number of phenolic OH excluding ortho intramolecular Hbond substituents is 1. The van der Waals surface area contributed by atoms with Gasteiger partial charge in [0.15, 0.2) is 0 Å². The van der Waals surface area contributed by atoms with E-state index in [2.05, 4.69) is 21.7 Å². The molecule has 0 amide bonds. The summed E-state index contributed by atoms with van der Waals surface area (Å²) in [5.41, 5.74) is 3.17. The number of benzene rings is 2. The molecule has 0 aliphatic carbocycles. The van der Waals surface area contributed by atoms with E-state index in [9.17, 15) is 5.11 Å². The van der Waals surface area contributed by atoms with Gasteiger partial charge in [0.1, 0.15) is 11.6 Å². The zero-order chi connectivity index (χ0) is 14.4. The lowest BCUT2D eigenvalue weighted by atomic mass is 10.1. The third-order valence-electron chi connectivity index (χ3n) is 3.85. The van der Waals surface area contributed by atoms with E-state index in [1.807, 2.05) is 37.3 Å². The lowest BCUT2D eigenvalue weighted by Gasteiger charge is -2.09. The molecule has 2 aromatic carbocycles. The molecule has 0 atom stereocenters. The quantitative estimate of drug-likeness (QED) is 0.565. The second kappa shape index (κ2) is 4.35. The van der Waals surface area contributed by atoms with Gasteiger partial charge in [-0.05, 0) is 36.8 Å². The predicted octanol–water partition coefficient (Wildman–Crippen LogP) is 4.19. The molecular weight excluding hydrogens is 260 g/mol. The number of para-hydroxylation sites is 1. The van der Waals surface area contributed by atoms with E-state index in [0.717, 1.165) is 33.2 Å². The van der Waals surface area contributed by atoms with Crippen LogP contribution in [0, 0.1) is 6.92 Å². The van der Waals surface area contributed by atoms with E-state index in [0.29, 0.717) is 0 Å². The maximum atomic E-state index is 9.86. The molecule has 0 aliphatic rings. The number of hydrogen-bond donors (Lipinski definition) is 1. The lowest BCUT2D eigenvalue weighted by molar-refractivity contribution is 0.476. The fourth-order valence-electron chi connectivity index (χ4n) is 2.90. The third-order valence-corrected chi connectivity index (χ3v) is 3.85. The van der Waals surface area contributed by atoms with Crippen LogP contribution in [-0.2, 0) is 0 Å². The second-order valence-corrected chi connectivity index (χ2v) is 5.20. The normalized spacial score (nSPS) is 11.3. The van der Waals surface area contributed by atoms with Gasteiger partial charge in [0.05, 0.1) is 11.0 Å². The zero-order valence-electron chi connectivity index (χ0n) is 11.6. The smallest absolute Gasteiger partial charge is 0.140 e. The highest BCUT2D eigenvalue weighted by atomic mass is 16.3. The summed E-state index contributed by atoms with van der Waals surface area (Å²) >= 11 is 0. The molecule has 0 saturated carbocycles. The Bertz CT molecular complexity index is 969. The van der Waals surface area contributed by atoms with Gasteiger partial charge in [-0.1, -0.05) is 24.3 Å². The average Bonchev–Trinajstić information content (AvgIpc) is 2.81. The number of aromatic nitrogens is 2. The van der Waals surface area contributed by atoms with Crippen molar-refractivity contribution in [2.24, 2.45) is 0 Å². The van der Waals surface area contributed by atoms with E-state index in [-0.39, 0.29) is 5.75 Å². The predicted molar refractivity (Wildman–Crippen MR) is 85.0 cm³/mol. The van der Waals surface area contributed by atoms with Gasteiger partial charge in [-0.2, -0.15) is 0 Å². The Labute approximate surface area is 122 Å². The van der Waals surface area contributed by atoms with Crippen LogP contribution in [0.4, 0.5) is 0 Å². The van der Waals surface area contributed by atoms with Gasteiger partial charge in [0.25, 0.3) is 0 Å². The minimum atomic E-state index is 0.264. The van der Waals surface area contributed by atoms with Gasteiger partial charge in [0.2, 0.25) is 0 Å². The topological polar surface area (TPSA) is 38.0 Å². The Morgan fingerprint density at radius 2 is 1.71 bits per heavy atom. The minimum Gasteiger partial charge on any atom is -0.508 e. The third kappa shape index (κ3) is 1.71. The highest BCUT2D eigenvalue weighted by molar-refractivity contribution is 6.09. The number of rotatable bonds is 1. The number of aryl methyl sites for hydroxylation is 1. The molecule has 0 aliphatic heterocycles. The molecule has 102 valence electrons. The van der Waals surface area contributed by atoms with Crippen molar-refractivity contribution < 1.29 is 5.11 Å². The molecule has 1 N–H and O–H groups in total. The highest BCUT2D eigenvalue weighted by Crippen LogP contribution is 2.33. The SMILES string of the molecule is Cc1cccnc1-n1c2ccccc2c2ccc(O)cc21. The molecule has 2 heterocycles. The number of nitrogens with zero attached hydrogens (tertiary/aromatic N) is 2. The maximum Gasteiger partial charge on any atom is 0.140 e. The fraction of sp³-hybridized carbons (Fsp3) is 0.0556. The van der Waals surface area contributed by atoms with Crippen molar-refractivity contribution in [2.45, 2.75) is 6.92 Å². The van der Waals surface area contributed by atoms with Crippen molar-refractivity contribution in [1.29, 1.82) is 0 Å². The lowest BCUT2D eigenvalue weighted by Crippen LogP contribution is -1.99. The van der Waals surface area contributed by atoms with Gasteiger partial charge in [-0.25, -0.2) is 4.98 Å². The number of aromatic hydroxyl groups is 1. The fourth-order valence-corrected chi connectivity index (χ4v) is 2.90. The number of fused-ring (bicyclic) bond motifs is 3. The Hall–Kier alpha value is -2.81. The monoisotopic (exact) mass is 274 g/mol. The van der Waals surface area contributed by atoms with Gasteiger partial charge < -0.3 is 5.11 Å². The first kappa shape index (κ1) is 12.0. The van der Waals surface area contributed by atoms with Crippen LogP contribution in [0.25, 0.3) is 27.6 Å². The summed E-state index contributed by atoms with van der Waals surface area (Å²) in [5, 5.41) is 12.1. The maximum absolute atomic E-state index is 9.86. The molecule has 21 heavy (non-hydrogen) atoms. The summed E-state index contributed by atoms with van der Waals surface area (Å²) in [6.45, 7) is 2.05. The first-order valence-corrected chi connectivity index (χ1v) is 6.90. The summed E-state index contributed by atoms with van der Waals surface area (Å²) < 4.78 is 2.11. The van der Waals surface area contributed by atoms with Gasteiger partial charge in [0, 0.05) is 23.0 Å². The number of pyridine rings is 1. The Morgan fingerprint density at radius 1 is 0.905 bits per heavy atom. The summed E-state index contributed by atoms with van der Waals surface area (Å²) in [6, 6.07) is 17.7. The molecule has 0 saturated heterocycles. The molecule has 4 rings (SSSR count). The highest BCUT2D eigenvalue weighted by Gasteiger charge is 2.14. The van der Waals surface area contributed by atoms with E-state index < -0.39 is 0 Å². The van der Waals surface area contributed by atoms with Crippen molar-refractivity contribution in [3.05, 3.63) is 66.4 Å². The van der Waals surface area contributed by atoms with Crippen LogP contribution in [0.1, 0.15) is 5.56 Å². The van der Waals surface area contributed by atoms with Crippen LogP contribution in [0.15, 0.2) is 60.8 Å². The van der Waals surface area contributed by atoms with Crippen LogP contribution >= 0.6 is 0 Å². The molecule has 0 bridgehead atoms. The second-order valence-electron chi connectivity index (χ2n) is 5.20. The molecule has 3 heteroatoms. The minimum absolute atomic E-state index is 0.264. The summed E-state index contributed by atoms with van der Waals surface area (Å²) in [7, 11) is 0. The van der Waals surface area contributed by atoms with Crippen molar-refractivity contribution >= 4 is 21.8 Å². The van der Waals surface area contributed by atoms with Gasteiger partial charge in [-0.15, -0.1) is 0 Å². The Morgan fingerprint density at radius 3 is 2.57 bits per heavy atom. The first-order chi connectivity index (χ1) is 10.3. The first-order valence-electron chi connectivity index (χ1n) is 6.90. The molecule has 0 fully saturated rings. The van der Waals surface area contributed by atoms with E-state index in [4.69, 9.17) is 0 Å². The van der Waals surface area contributed by atoms with Crippen LogP contribution in [0.3, 0.4) is 0 Å². The molecule has 0 spiro atoms. The van der Waals surface area contributed by atoms with E-state index >= 15 is 0 Å². The molecule has 2 aromatic heterocycles.